The molecular formula is C10H19N3O2. The van der Waals surface area contributed by atoms with E-state index < -0.39 is 6.04 Å². The molecule has 1 atom stereocenters. The molecule has 1 heterocycles. The van der Waals surface area contributed by atoms with Crippen molar-refractivity contribution in [3.63, 3.8) is 0 Å². The molecule has 0 radical (unpaired) electrons. The lowest BCUT2D eigenvalue weighted by molar-refractivity contribution is -0.137. The molecule has 2 amide bonds. The maximum absolute atomic E-state index is 11.9. The average molecular weight is 213 g/mol. The van der Waals surface area contributed by atoms with Gasteiger partial charge in [-0.3, -0.25) is 9.59 Å². The minimum Gasteiger partial charge on any atom is -0.354 e. The van der Waals surface area contributed by atoms with Crippen molar-refractivity contribution in [1.82, 2.24) is 10.2 Å². The van der Waals surface area contributed by atoms with Crippen molar-refractivity contribution in [2.45, 2.75) is 26.3 Å². The molecule has 1 rings (SSSR count). The van der Waals surface area contributed by atoms with Gasteiger partial charge in [0.05, 0.1) is 12.6 Å². The second kappa shape index (κ2) is 5.11. The molecule has 1 aliphatic rings. The minimum absolute atomic E-state index is 0.100. The molecule has 1 saturated heterocycles. The molecule has 0 saturated carbocycles. The molecule has 0 aromatic carbocycles. The summed E-state index contributed by atoms with van der Waals surface area (Å²) < 4.78 is 0. The molecule has 0 bridgehead atoms. The Balaban J connectivity index is 2.61. The Hall–Kier alpha value is -1.10. The van der Waals surface area contributed by atoms with Crippen molar-refractivity contribution in [3.05, 3.63) is 0 Å². The maximum atomic E-state index is 11.9. The van der Waals surface area contributed by atoms with Gasteiger partial charge in [-0.15, -0.1) is 0 Å². The van der Waals surface area contributed by atoms with Gasteiger partial charge in [0.25, 0.3) is 0 Å². The Labute approximate surface area is 90.0 Å². The second-order valence-corrected chi connectivity index (χ2v) is 4.23. The van der Waals surface area contributed by atoms with E-state index in [4.69, 9.17) is 5.73 Å². The number of carbonyl (C=O) groups excluding carboxylic acids is 2. The molecule has 15 heavy (non-hydrogen) atoms. The highest BCUT2D eigenvalue weighted by Crippen LogP contribution is 2.05. The molecule has 5 nitrogen and oxygen atoms in total. The lowest BCUT2D eigenvalue weighted by Crippen LogP contribution is -2.48. The molecule has 1 fully saturated rings. The summed E-state index contributed by atoms with van der Waals surface area (Å²) in [4.78, 5) is 24.7. The summed E-state index contributed by atoms with van der Waals surface area (Å²) in [5, 5.41) is 2.72. The fraction of sp³-hybridized carbons (Fsp3) is 0.800. The normalized spacial score (nSPS) is 19.7. The van der Waals surface area contributed by atoms with E-state index in [0.29, 0.717) is 13.1 Å². The van der Waals surface area contributed by atoms with E-state index in [9.17, 15) is 9.59 Å². The summed E-state index contributed by atoms with van der Waals surface area (Å²) in [5.74, 6) is -0.123. The predicted molar refractivity (Wildman–Crippen MR) is 57.0 cm³/mol. The average Bonchev–Trinajstić information content (AvgIpc) is 2.40. The van der Waals surface area contributed by atoms with Crippen LogP contribution in [0.3, 0.4) is 0 Å². The van der Waals surface area contributed by atoms with E-state index in [1.807, 2.05) is 13.8 Å². The van der Waals surface area contributed by atoms with Crippen molar-refractivity contribution in [1.29, 1.82) is 0 Å². The number of hydrogen-bond acceptors (Lipinski definition) is 3. The second-order valence-electron chi connectivity index (χ2n) is 4.23. The summed E-state index contributed by atoms with van der Waals surface area (Å²) >= 11 is 0. The van der Waals surface area contributed by atoms with Gasteiger partial charge in [-0.25, -0.2) is 0 Å². The Morgan fingerprint density at radius 2 is 2.20 bits per heavy atom. The van der Waals surface area contributed by atoms with Crippen LogP contribution >= 0.6 is 0 Å². The van der Waals surface area contributed by atoms with Crippen LogP contribution in [0.1, 0.15) is 20.3 Å². The van der Waals surface area contributed by atoms with Crippen LogP contribution in [0.4, 0.5) is 0 Å². The number of nitrogens with one attached hydrogen (secondary N) is 1. The van der Waals surface area contributed by atoms with Gasteiger partial charge in [0.15, 0.2) is 0 Å². The van der Waals surface area contributed by atoms with Gasteiger partial charge < -0.3 is 16.0 Å². The highest BCUT2D eigenvalue weighted by Gasteiger charge is 2.26. The first-order chi connectivity index (χ1) is 7.02. The van der Waals surface area contributed by atoms with Crippen molar-refractivity contribution >= 4 is 11.8 Å². The van der Waals surface area contributed by atoms with E-state index in [0.717, 1.165) is 6.42 Å². The molecule has 0 aromatic heterocycles. The van der Waals surface area contributed by atoms with Crippen LogP contribution in [0.5, 0.6) is 0 Å². The van der Waals surface area contributed by atoms with Gasteiger partial charge in [-0.05, 0) is 12.3 Å². The van der Waals surface area contributed by atoms with Gasteiger partial charge in [0.2, 0.25) is 11.8 Å². The van der Waals surface area contributed by atoms with Gasteiger partial charge in [0.1, 0.15) is 0 Å². The Morgan fingerprint density at radius 1 is 1.53 bits per heavy atom. The first kappa shape index (κ1) is 12.0. The van der Waals surface area contributed by atoms with Crippen molar-refractivity contribution in [3.8, 4) is 0 Å². The number of nitrogens with zero attached hydrogens (tertiary/aromatic N) is 1. The van der Waals surface area contributed by atoms with Gasteiger partial charge in [-0.2, -0.15) is 0 Å². The van der Waals surface area contributed by atoms with Crippen LogP contribution in [0.25, 0.3) is 0 Å². The third-order valence-electron chi connectivity index (χ3n) is 2.58. The SMILES string of the molecule is CC(C)[C@@H](N)C(=O)N1CCCNC(=O)C1. The van der Waals surface area contributed by atoms with E-state index in [1.165, 1.54) is 0 Å². The first-order valence-electron chi connectivity index (χ1n) is 5.33. The standard InChI is InChI=1S/C10H19N3O2/c1-7(2)9(11)10(15)13-5-3-4-12-8(14)6-13/h7,9H,3-6,11H2,1-2H3,(H,12,14)/t9-/m1/s1. The molecule has 5 heteroatoms. The summed E-state index contributed by atoms with van der Waals surface area (Å²) in [6, 6.07) is -0.504. The predicted octanol–water partition coefficient (Wildman–Crippen LogP) is -0.682. The van der Waals surface area contributed by atoms with Gasteiger partial charge >= 0.3 is 0 Å². The zero-order chi connectivity index (χ0) is 11.4. The zero-order valence-corrected chi connectivity index (χ0v) is 9.32. The summed E-state index contributed by atoms with van der Waals surface area (Å²) in [6.45, 7) is 5.19. The molecule has 0 aliphatic carbocycles. The van der Waals surface area contributed by atoms with E-state index >= 15 is 0 Å². The quantitative estimate of drug-likeness (QED) is 0.638. The zero-order valence-electron chi connectivity index (χ0n) is 9.32. The van der Waals surface area contributed by atoms with Crippen LogP contribution in [0, 0.1) is 5.92 Å². The lowest BCUT2D eigenvalue weighted by Gasteiger charge is -2.24. The number of nitrogens with two attached hydrogens (primary N) is 1. The minimum atomic E-state index is -0.504. The van der Waals surface area contributed by atoms with Crippen LogP contribution in [0.2, 0.25) is 0 Å². The van der Waals surface area contributed by atoms with Crippen LogP contribution in [-0.2, 0) is 9.59 Å². The van der Waals surface area contributed by atoms with Gasteiger partial charge in [-0.1, -0.05) is 13.8 Å². The smallest absolute Gasteiger partial charge is 0.240 e. The number of amides is 2. The van der Waals surface area contributed by atoms with E-state index in [-0.39, 0.29) is 24.3 Å². The number of carbonyl (C=O) groups is 2. The summed E-state index contributed by atoms with van der Waals surface area (Å²) in [5.41, 5.74) is 5.76. The maximum Gasteiger partial charge on any atom is 0.240 e. The largest absolute Gasteiger partial charge is 0.354 e. The Bertz CT molecular complexity index is 253. The Kier molecular flexibility index (Phi) is 4.08. The van der Waals surface area contributed by atoms with Crippen LogP contribution in [0.15, 0.2) is 0 Å². The molecule has 3 N–H and O–H groups in total. The topological polar surface area (TPSA) is 75.4 Å². The third-order valence-corrected chi connectivity index (χ3v) is 2.58. The van der Waals surface area contributed by atoms with Crippen LogP contribution < -0.4 is 11.1 Å². The molecule has 0 aromatic rings. The highest BCUT2D eigenvalue weighted by atomic mass is 16.2. The van der Waals surface area contributed by atoms with Crippen molar-refractivity contribution in [2.75, 3.05) is 19.6 Å². The number of hydrogen-bond donors (Lipinski definition) is 2. The van der Waals surface area contributed by atoms with E-state index in [2.05, 4.69) is 5.32 Å². The molecular weight excluding hydrogens is 194 g/mol. The van der Waals surface area contributed by atoms with Gasteiger partial charge in [0, 0.05) is 13.1 Å². The fourth-order valence-electron chi connectivity index (χ4n) is 1.49. The highest BCUT2D eigenvalue weighted by molar-refractivity contribution is 5.87. The number of rotatable bonds is 2. The third kappa shape index (κ3) is 3.20. The molecule has 0 unspecified atom stereocenters. The van der Waals surface area contributed by atoms with Crippen LogP contribution in [-0.4, -0.2) is 42.4 Å². The lowest BCUT2D eigenvalue weighted by atomic mass is 10.0. The van der Waals surface area contributed by atoms with Crippen molar-refractivity contribution in [2.24, 2.45) is 11.7 Å². The van der Waals surface area contributed by atoms with E-state index in [1.54, 1.807) is 4.90 Å². The monoisotopic (exact) mass is 213 g/mol. The summed E-state index contributed by atoms with van der Waals surface area (Å²) in [6.07, 6.45) is 0.794. The molecule has 1 aliphatic heterocycles. The Morgan fingerprint density at radius 3 is 2.80 bits per heavy atom. The van der Waals surface area contributed by atoms with Crippen molar-refractivity contribution < 1.29 is 9.59 Å². The molecule has 0 spiro atoms. The fourth-order valence-corrected chi connectivity index (χ4v) is 1.49. The first-order valence-corrected chi connectivity index (χ1v) is 5.33. The summed E-state index contributed by atoms with van der Waals surface area (Å²) in [7, 11) is 0. The molecule has 86 valence electrons.